The fraction of sp³-hybridized carbons (Fsp3) is 0.471. The number of thioether (sulfide) groups is 1. The summed E-state index contributed by atoms with van der Waals surface area (Å²) in [5, 5.41) is 4.34. The molecule has 3 rings (SSSR count). The zero-order valence-corrected chi connectivity index (χ0v) is 14.3. The van der Waals surface area contributed by atoms with Crippen LogP contribution in [0.3, 0.4) is 0 Å². The van der Waals surface area contributed by atoms with Gasteiger partial charge < -0.3 is 9.42 Å². The predicted octanol–water partition coefficient (Wildman–Crippen LogP) is 3.40. The largest absolute Gasteiger partial charge is 0.338 e. The van der Waals surface area contributed by atoms with Gasteiger partial charge in [-0.1, -0.05) is 42.4 Å². The van der Waals surface area contributed by atoms with Crippen LogP contribution in [0.1, 0.15) is 48.2 Å². The summed E-state index contributed by atoms with van der Waals surface area (Å²) in [6.07, 6.45) is 3.45. The molecule has 2 aromatic rings. The van der Waals surface area contributed by atoms with Gasteiger partial charge in [-0.2, -0.15) is 16.7 Å². The fourth-order valence-electron chi connectivity index (χ4n) is 2.89. The maximum absolute atomic E-state index is 12.3. The highest BCUT2D eigenvalue weighted by Gasteiger charge is 2.34. The van der Waals surface area contributed by atoms with E-state index in [4.69, 9.17) is 4.52 Å². The molecule has 0 spiro atoms. The third-order valence-electron chi connectivity index (χ3n) is 4.18. The third kappa shape index (κ3) is 3.58. The Balaban J connectivity index is 1.68. The van der Waals surface area contributed by atoms with E-state index in [2.05, 4.69) is 17.1 Å². The molecule has 0 bridgehead atoms. The van der Waals surface area contributed by atoms with Crippen molar-refractivity contribution in [2.75, 3.05) is 12.8 Å². The molecule has 0 unspecified atom stereocenters. The average Bonchev–Trinajstić information content (AvgIpc) is 3.18. The van der Waals surface area contributed by atoms with Gasteiger partial charge in [-0.15, -0.1) is 0 Å². The second-order valence-electron chi connectivity index (χ2n) is 5.78. The van der Waals surface area contributed by atoms with Crippen molar-refractivity contribution in [1.29, 1.82) is 0 Å². The molecule has 0 saturated carbocycles. The van der Waals surface area contributed by atoms with Crippen molar-refractivity contribution in [1.82, 2.24) is 15.0 Å². The maximum Gasteiger partial charge on any atom is 0.239 e. The molecule has 1 aliphatic heterocycles. The van der Waals surface area contributed by atoms with Crippen LogP contribution in [0.2, 0.25) is 0 Å². The first-order chi connectivity index (χ1) is 11.2. The van der Waals surface area contributed by atoms with Crippen molar-refractivity contribution in [3.8, 4) is 0 Å². The lowest BCUT2D eigenvalue weighted by Gasteiger charge is -2.15. The van der Waals surface area contributed by atoms with Gasteiger partial charge in [0.1, 0.15) is 0 Å². The Morgan fingerprint density at radius 2 is 2.17 bits per heavy atom. The Bertz CT molecular complexity index is 655. The summed E-state index contributed by atoms with van der Waals surface area (Å²) < 4.78 is 5.40. The van der Waals surface area contributed by atoms with Crippen LogP contribution in [-0.2, 0) is 11.3 Å². The van der Waals surface area contributed by atoms with Crippen molar-refractivity contribution in [2.24, 2.45) is 0 Å². The molecule has 0 radical (unpaired) electrons. The minimum Gasteiger partial charge on any atom is -0.338 e. The average molecular weight is 331 g/mol. The molecule has 1 amide bonds. The summed E-state index contributed by atoms with van der Waals surface area (Å²) in [5.41, 5.74) is 1.14. The first-order valence-electron chi connectivity index (χ1n) is 7.89. The molecule has 1 fully saturated rings. The smallest absolute Gasteiger partial charge is 0.239 e. The van der Waals surface area contributed by atoms with Gasteiger partial charge in [0.25, 0.3) is 0 Å². The molecular formula is C17H21N3O2S. The molecule has 5 nitrogen and oxygen atoms in total. The minimum atomic E-state index is 0.0306. The highest BCUT2D eigenvalue weighted by molar-refractivity contribution is 7.98. The summed E-state index contributed by atoms with van der Waals surface area (Å²) in [6.45, 7) is 3.40. The van der Waals surface area contributed by atoms with Gasteiger partial charge in [0, 0.05) is 25.4 Å². The van der Waals surface area contributed by atoms with Crippen molar-refractivity contribution < 1.29 is 9.32 Å². The number of aromatic nitrogens is 2. The number of amides is 1. The normalized spacial score (nSPS) is 19.3. The summed E-state index contributed by atoms with van der Waals surface area (Å²) in [7, 11) is 0. The third-order valence-corrected chi connectivity index (χ3v) is 5.29. The molecule has 1 aliphatic rings. The molecule has 0 aliphatic carbocycles. The van der Waals surface area contributed by atoms with Gasteiger partial charge in [0.15, 0.2) is 5.82 Å². The van der Waals surface area contributed by atoms with E-state index in [-0.39, 0.29) is 17.1 Å². The first kappa shape index (κ1) is 16.1. The van der Waals surface area contributed by atoms with Crippen molar-refractivity contribution >= 4 is 17.7 Å². The second kappa shape index (κ2) is 7.17. The molecular weight excluding hydrogens is 310 g/mol. The van der Waals surface area contributed by atoms with Gasteiger partial charge in [-0.3, -0.25) is 4.79 Å². The van der Waals surface area contributed by atoms with Crippen molar-refractivity contribution in [3.63, 3.8) is 0 Å². The Labute approximate surface area is 140 Å². The molecule has 1 aromatic heterocycles. The van der Waals surface area contributed by atoms with Crippen LogP contribution in [0.5, 0.6) is 0 Å². The molecule has 1 saturated heterocycles. The van der Waals surface area contributed by atoms with Crippen LogP contribution >= 0.6 is 11.8 Å². The maximum atomic E-state index is 12.3. The summed E-state index contributed by atoms with van der Waals surface area (Å²) in [6, 6.07) is 10.0. The predicted molar refractivity (Wildman–Crippen MR) is 90.1 cm³/mol. The van der Waals surface area contributed by atoms with Gasteiger partial charge in [0.05, 0.1) is 5.25 Å². The summed E-state index contributed by atoms with van der Waals surface area (Å²) in [5.74, 6) is 1.52. The van der Waals surface area contributed by atoms with E-state index in [9.17, 15) is 4.79 Å². The molecule has 1 aromatic carbocycles. The SMILES string of the molecule is CC[C@@H](SC)c1nc([C@@H]2CC(=O)N(Cc3ccccc3)C2)no1. The van der Waals surface area contributed by atoms with E-state index >= 15 is 0 Å². The molecule has 2 atom stereocenters. The van der Waals surface area contributed by atoms with Crippen molar-refractivity contribution in [2.45, 2.75) is 37.5 Å². The van der Waals surface area contributed by atoms with Crippen LogP contribution < -0.4 is 0 Å². The number of nitrogens with zero attached hydrogens (tertiary/aromatic N) is 3. The zero-order valence-electron chi connectivity index (χ0n) is 13.4. The lowest BCUT2D eigenvalue weighted by atomic mass is 10.1. The number of hydrogen-bond acceptors (Lipinski definition) is 5. The lowest BCUT2D eigenvalue weighted by Crippen LogP contribution is -2.24. The Morgan fingerprint density at radius 3 is 2.87 bits per heavy atom. The molecule has 122 valence electrons. The molecule has 23 heavy (non-hydrogen) atoms. The van der Waals surface area contributed by atoms with Crippen LogP contribution in [0, 0.1) is 0 Å². The van der Waals surface area contributed by atoms with Gasteiger partial charge in [-0.25, -0.2) is 0 Å². The Morgan fingerprint density at radius 1 is 1.39 bits per heavy atom. The highest BCUT2D eigenvalue weighted by atomic mass is 32.2. The van der Waals surface area contributed by atoms with E-state index in [0.717, 1.165) is 12.0 Å². The highest BCUT2D eigenvalue weighted by Crippen LogP contribution is 2.32. The number of rotatable bonds is 6. The fourth-order valence-corrected chi connectivity index (χ4v) is 3.52. The van der Waals surface area contributed by atoms with Crippen LogP contribution in [0.15, 0.2) is 34.9 Å². The van der Waals surface area contributed by atoms with Gasteiger partial charge >= 0.3 is 0 Å². The van der Waals surface area contributed by atoms with Gasteiger partial charge in [-0.05, 0) is 18.2 Å². The lowest BCUT2D eigenvalue weighted by molar-refractivity contribution is -0.128. The van der Waals surface area contributed by atoms with E-state index in [1.54, 1.807) is 11.8 Å². The van der Waals surface area contributed by atoms with Crippen LogP contribution in [0.25, 0.3) is 0 Å². The number of benzene rings is 1. The monoisotopic (exact) mass is 331 g/mol. The summed E-state index contributed by atoms with van der Waals surface area (Å²) in [4.78, 5) is 18.7. The standard InChI is InChI=1S/C17H21N3O2S/c1-3-14(23-2)17-18-16(19-22-17)13-9-15(21)20(11-13)10-12-7-5-4-6-8-12/h4-8,13-14H,3,9-11H2,1-2H3/t13-,14-/m1/s1. The first-order valence-corrected chi connectivity index (χ1v) is 9.18. The topological polar surface area (TPSA) is 59.2 Å². The number of hydrogen-bond donors (Lipinski definition) is 0. The van der Waals surface area contributed by atoms with E-state index in [1.807, 2.05) is 41.5 Å². The molecule has 0 N–H and O–H groups in total. The Kier molecular flexibility index (Phi) is 5.00. The summed E-state index contributed by atoms with van der Waals surface area (Å²) >= 11 is 1.71. The zero-order chi connectivity index (χ0) is 16.2. The van der Waals surface area contributed by atoms with Gasteiger partial charge in [0.2, 0.25) is 11.8 Å². The van der Waals surface area contributed by atoms with E-state index < -0.39 is 0 Å². The second-order valence-corrected chi connectivity index (χ2v) is 6.82. The number of likely N-dealkylation sites (tertiary alicyclic amines) is 1. The molecule has 6 heteroatoms. The van der Waals surface area contributed by atoms with Crippen LogP contribution in [0.4, 0.5) is 0 Å². The van der Waals surface area contributed by atoms with E-state index in [1.165, 1.54) is 0 Å². The van der Waals surface area contributed by atoms with Crippen LogP contribution in [-0.4, -0.2) is 33.7 Å². The Hall–Kier alpha value is -1.82. The minimum absolute atomic E-state index is 0.0306. The number of carbonyl (C=O) groups excluding carboxylic acids is 1. The quantitative estimate of drug-likeness (QED) is 0.812. The van der Waals surface area contributed by atoms with Crippen molar-refractivity contribution in [3.05, 3.63) is 47.6 Å². The number of carbonyl (C=O) groups is 1. The molecule has 2 heterocycles. The van der Waals surface area contributed by atoms with E-state index in [0.29, 0.717) is 31.2 Å².